The third-order valence-corrected chi connectivity index (χ3v) is 5.24. The van der Waals surface area contributed by atoms with Crippen LogP contribution in [0.1, 0.15) is 42.2 Å². The number of aryl methyl sites for hydroxylation is 2. The van der Waals surface area contributed by atoms with Gasteiger partial charge in [0.15, 0.2) is 0 Å². The molecule has 8 nitrogen and oxygen atoms in total. The summed E-state index contributed by atoms with van der Waals surface area (Å²) in [5.74, 6) is -0.204. The molecule has 1 aliphatic rings. The summed E-state index contributed by atoms with van der Waals surface area (Å²) < 4.78 is 2.36. The molecule has 3 rings (SSSR count). The first-order valence-corrected chi connectivity index (χ1v) is 8.88. The fraction of sp³-hybridized carbons (Fsp3) is 0.556. The van der Waals surface area contributed by atoms with Gasteiger partial charge in [0.05, 0.1) is 5.39 Å². The van der Waals surface area contributed by atoms with Gasteiger partial charge in [-0.2, -0.15) is 0 Å². The monoisotopic (exact) mass is 359 g/mol. The Morgan fingerprint density at radius 2 is 1.96 bits per heavy atom. The van der Waals surface area contributed by atoms with Crippen LogP contribution in [0.3, 0.4) is 0 Å². The number of hydrogen-bond donors (Lipinski definition) is 1. The normalized spacial score (nSPS) is 19.0. The molecule has 2 aromatic heterocycles. The molecule has 0 aromatic carbocycles. The molecule has 2 aromatic rings. The molecule has 2 unspecified atom stereocenters. The van der Waals surface area contributed by atoms with Crippen molar-refractivity contribution >= 4 is 16.9 Å². The second-order valence-electron chi connectivity index (χ2n) is 7.15. The zero-order valence-electron chi connectivity index (χ0n) is 15.7. The smallest absolute Gasteiger partial charge is 0.332 e. The number of pyridine rings is 1. The summed E-state index contributed by atoms with van der Waals surface area (Å²) in [7, 11) is 2.99. The fourth-order valence-corrected chi connectivity index (χ4v) is 3.75. The standard InChI is InChI=1S/C18H25N5O3/c1-10-9-12(16(24)23-8-6-5-7-13(23)11(2)19)20-15-14(10)17(25)22(4)18(26)21(15)3/h9,11,13H,5-8,19H2,1-4H3. The Balaban J connectivity index is 2.16. The first-order chi connectivity index (χ1) is 12.2. The van der Waals surface area contributed by atoms with E-state index in [1.807, 2.05) is 6.92 Å². The van der Waals surface area contributed by atoms with Gasteiger partial charge >= 0.3 is 5.69 Å². The molecule has 2 N–H and O–H groups in total. The van der Waals surface area contributed by atoms with E-state index in [0.29, 0.717) is 17.5 Å². The molecule has 8 heteroatoms. The van der Waals surface area contributed by atoms with Crippen LogP contribution in [0.4, 0.5) is 0 Å². The van der Waals surface area contributed by atoms with E-state index in [4.69, 9.17) is 5.73 Å². The summed E-state index contributed by atoms with van der Waals surface area (Å²) in [5, 5.41) is 0.355. The van der Waals surface area contributed by atoms with Crippen molar-refractivity contribution < 1.29 is 4.79 Å². The van der Waals surface area contributed by atoms with Crippen molar-refractivity contribution in [3.8, 4) is 0 Å². The number of hydrogen-bond acceptors (Lipinski definition) is 5. The van der Waals surface area contributed by atoms with E-state index in [9.17, 15) is 14.4 Å². The first kappa shape index (κ1) is 18.3. The van der Waals surface area contributed by atoms with Crippen molar-refractivity contribution in [2.45, 2.75) is 45.2 Å². The van der Waals surface area contributed by atoms with E-state index in [1.54, 1.807) is 24.9 Å². The van der Waals surface area contributed by atoms with Gasteiger partial charge in [0.25, 0.3) is 11.5 Å². The zero-order chi connectivity index (χ0) is 19.2. The Morgan fingerprint density at radius 3 is 2.62 bits per heavy atom. The molecule has 0 saturated carbocycles. The summed E-state index contributed by atoms with van der Waals surface area (Å²) in [5.41, 5.74) is 6.30. The van der Waals surface area contributed by atoms with E-state index < -0.39 is 11.2 Å². The molecular formula is C18H25N5O3. The predicted molar refractivity (Wildman–Crippen MR) is 99.3 cm³/mol. The minimum absolute atomic E-state index is 0.0264. The van der Waals surface area contributed by atoms with Gasteiger partial charge in [-0.05, 0) is 44.7 Å². The van der Waals surface area contributed by atoms with Gasteiger partial charge < -0.3 is 10.6 Å². The molecule has 2 atom stereocenters. The number of rotatable bonds is 2. The van der Waals surface area contributed by atoms with Gasteiger partial charge in [-0.3, -0.25) is 18.7 Å². The lowest BCUT2D eigenvalue weighted by atomic mass is 9.96. The van der Waals surface area contributed by atoms with Gasteiger partial charge in [0, 0.05) is 32.7 Å². The molecule has 1 fully saturated rings. The number of piperidine rings is 1. The lowest BCUT2D eigenvalue weighted by molar-refractivity contribution is 0.0578. The van der Waals surface area contributed by atoms with Crippen LogP contribution in [-0.2, 0) is 14.1 Å². The van der Waals surface area contributed by atoms with Crippen molar-refractivity contribution in [2.24, 2.45) is 19.8 Å². The highest BCUT2D eigenvalue weighted by molar-refractivity contribution is 5.95. The van der Waals surface area contributed by atoms with Gasteiger partial charge in [-0.25, -0.2) is 9.78 Å². The maximum atomic E-state index is 13.1. The second kappa shape index (κ2) is 6.68. The third-order valence-electron chi connectivity index (χ3n) is 5.24. The van der Waals surface area contributed by atoms with E-state index in [0.717, 1.165) is 23.8 Å². The topological polar surface area (TPSA) is 103 Å². The summed E-state index contributed by atoms with van der Waals surface area (Å²) >= 11 is 0. The van der Waals surface area contributed by atoms with Crippen LogP contribution in [0.15, 0.2) is 15.7 Å². The van der Waals surface area contributed by atoms with E-state index in [2.05, 4.69) is 4.98 Å². The number of aromatic nitrogens is 3. The predicted octanol–water partition coefficient (Wildman–Crippen LogP) is 0.283. The third kappa shape index (κ3) is 2.84. The van der Waals surface area contributed by atoms with Crippen LogP contribution in [0.2, 0.25) is 0 Å². The summed E-state index contributed by atoms with van der Waals surface area (Å²) in [4.78, 5) is 43.9. The quantitative estimate of drug-likeness (QED) is 0.830. The maximum Gasteiger partial charge on any atom is 0.332 e. The molecule has 0 aliphatic carbocycles. The van der Waals surface area contributed by atoms with Crippen molar-refractivity contribution in [3.63, 3.8) is 0 Å². The molecular weight excluding hydrogens is 334 g/mol. The first-order valence-electron chi connectivity index (χ1n) is 8.88. The lowest BCUT2D eigenvalue weighted by Gasteiger charge is -2.37. The van der Waals surface area contributed by atoms with Crippen LogP contribution >= 0.6 is 0 Å². The number of likely N-dealkylation sites (tertiary alicyclic amines) is 1. The Labute approximate surface area is 151 Å². The number of fused-ring (bicyclic) bond motifs is 1. The van der Waals surface area contributed by atoms with E-state index in [1.165, 1.54) is 11.6 Å². The van der Waals surface area contributed by atoms with Gasteiger partial charge in [-0.15, -0.1) is 0 Å². The number of carbonyl (C=O) groups is 1. The Bertz CT molecular complexity index is 989. The number of carbonyl (C=O) groups excluding carboxylic acids is 1. The van der Waals surface area contributed by atoms with Crippen molar-refractivity contribution in [1.82, 2.24) is 19.0 Å². The van der Waals surface area contributed by atoms with E-state index in [-0.39, 0.29) is 29.3 Å². The van der Waals surface area contributed by atoms with Crippen molar-refractivity contribution in [2.75, 3.05) is 6.54 Å². The highest BCUT2D eigenvalue weighted by atomic mass is 16.2. The zero-order valence-corrected chi connectivity index (χ0v) is 15.7. The average Bonchev–Trinajstić information content (AvgIpc) is 2.63. The van der Waals surface area contributed by atoms with Crippen LogP contribution in [0, 0.1) is 6.92 Å². The fourth-order valence-electron chi connectivity index (χ4n) is 3.75. The Kier molecular flexibility index (Phi) is 4.70. The molecule has 1 saturated heterocycles. The highest BCUT2D eigenvalue weighted by Crippen LogP contribution is 2.22. The second-order valence-corrected chi connectivity index (χ2v) is 7.15. The number of nitrogens with two attached hydrogens (primary N) is 1. The molecule has 0 spiro atoms. The van der Waals surface area contributed by atoms with Gasteiger partial charge in [0.2, 0.25) is 0 Å². The van der Waals surface area contributed by atoms with Gasteiger partial charge in [0.1, 0.15) is 11.3 Å². The molecule has 1 amide bonds. The highest BCUT2D eigenvalue weighted by Gasteiger charge is 2.31. The Morgan fingerprint density at radius 1 is 1.27 bits per heavy atom. The minimum Gasteiger partial charge on any atom is -0.333 e. The van der Waals surface area contributed by atoms with Gasteiger partial charge in [-0.1, -0.05) is 0 Å². The molecule has 3 heterocycles. The van der Waals surface area contributed by atoms with Crippen LogP contribution < -0.4 is 17.0 Å². The SMILES string of the molecule is Cc1cc(C(=O)N2CCCCC2C(C)N)nc2c1c(=O)n(C)c(=O)n2C. The van der Waals surface area contributed by atoms with E-state index >= 15 is 0 Å². The van der Waals surface area contributed by atoms with Crippen LogP contribution in [-0.4, -0.2) is 43.6 Å². The van der Waals surface area contributed by atoms with Crippen molar-refractivity contribution in [1.29, 1.82) is 0 Å². The largest absolute Gasteiger partial charge is 0.333 e. The Hall–Kier alpha value is -2.48. The minimum atomic E-state index is -0.467. The lowest BCUT2D eigenvalue weighted by Crippen LogP contribution is -2.51. The average molecular weight is 359 g/mol. The summed E-state index contributed by atoms with van der Waals surface area (Å²) in [6.45, 7) is 4.30. The molecule has 0 bridgehead atoms. The molecule has 26 heavy (non-hydrogen) atoms. The summed E-state index contributed by atoms with van der Waals surface area (Å²) in [6.07, 6.45) is 2.85. The summed E-state index contributed by atoms with van der Waals surface area (Å²) in [6, 6.07) is 1.47. The maximum absolute atomic E-state index is 13.1. The van der Waals surface area contributed by atoms with Crippen molar-refractivity contribution in [3.05, 3.63) is 38.2 Å². The molecule has 0 radical (unpaired) electrons. The number of nitrogens with zero attached hydrogens (tertiary/aromatic N) is 4. The number of amides is 1. The van der Waals surface area contributed by atoms with Crippen LogP contribution in [0.5, 0.6) is 0 Å². The molecule has 1 aliphatic heterocycles. The molecule has 140 valence electrons. The van der Waals surface area contributed by atoms with Crippen LogP contribution in [0.25, 0.3) is 11.0 Å².